The van der Waals surface area contributed by atoms with Crippen LogP contribution in [-0.4, -0.2) is 71.1 Å². The molecule has 4 aromatic carbocycles. The van der Waals surface area contributed by atoms with E-state index in [1.165, 1.54) is 11.3 Å². The van der Waals surface area contributed by atoms with Crippen LogP contribution in [0.2, 0.25) is 0 Å². The van der Waals surface area contributed by atoms with Gasteiger partial charge in [0.2, 0.25) is 29.5 Å². The van der Waals surface area contributed by atoms with Crippen molar-refractivity contribution in [3.05, 3.63) is 148 Å². The van der Waals surface area contributed by atoms with Gasteiger partial charge in [0.1, 0.15) is 18.6 Å². The number of hydrogen-bond donors (Lipinski definition) is 6. The van der Waals surface area contributed by atoms with E-state index in [4.69, 9.17) is 0 Å². The molecule has 2 aliphatic heterocycles. The van der Waals surface area contributed by atoms with Crippen LogP contribution in [0.3, 0.4) is 0 Å². The highest BCUT2D eigenvalue weighted by molar-refractivity contribution is 7.09. The SMILES string of the molecule is O=C(O)CNC(=O)[C@H]1CC(=O)[C@@H](Cc2ccccc2)NC(=O)[C@H](Cc2ccc(-c3ccccc3)cc2)NC(=O)[C@@H](Cc2cccs2)NC(=O)CCC(=O)Nc2ccc(cc2)C1. The largest absolute Gasteiger partial charge is 0.480 e. The Morgan fingerprint density at radius 1 is 0.607 bits per heavy atom. The maximum Gasteiger partial charge on any atom is 0.322 e. The molecule has 2 aliphatic rings. The lowest BCUT2D eigenvalue weighted by Crippen LogP contribution is -2.57. The molecule has 0 unspecified atom stereocenters. The lowest BCUT2D eigenvalue weighted by Gasteiger charge is -2.26. The number of aliphatic carboxylic acids is 1. The molecule has 1 aromatic heterocycles. The number of ketones is 1. The normalized spacial score (nSPS) is 19.4. The molecule has 13 nitrogen and oxygen atoms in total. The minimum Gasteiger partial charge on any atom is -0.480 e. The van der Waals surface area contributed by atoms with Crippen molar-refractivity contribution in [3.8, 4) is 11.1 Å². The fourth-order valence-electron chi connectivity index (χ4n) is 7.06. The first-order valence-electron chi connectivity index (χ1n) is 20.0. The second-order valence-electron chi connectivity index (χ2n) is 14.9. The molecule has 0 aliphatic carbocycles. The van der Waals surface area contributed by atoms with Crippen LogP contribution in [-0.2, 0) is 59.2 Å². The van der Waals surface area contributed by atoms with Gasteiger partial charge in [-0.3, -0.25) is 33.6 Å². The Kier molecular flexibility index (Phi) is 15.3. The molecule has 7 rings (SSSR count). The van der Waals surface area contributed by atoms with Gasteiger partial charge in [0, 0.05) is 48.6 Å². The zero-order chi connectivity index (χ0) is 43.1. The summed E-state index contributed by atoms with van der Waals surface area (Å²) in [5.41, 5.74) is 4.45. The lowest BCUT2D eigenvalue weighted by molar-refractivity contribution is -0.139. The maximum atomic E-state index is 14.6. The fraction of sp³-hybridized carbons (Fsp3) is 0.255. The molecule has 5 aromatic rings. The molecule has 0 radical (unpaired) electrons. The molecule has 0 saturated heterocycles. The Morgan fingerprint density at radius 2 is 1.20 bits per heavy atom. The number of carbonyl (C=O) groups is 7. The van der Waals surface area contributed by atoms with E-state index in [0.29, 0.717) is 16.8 Å². The third-order valence-corrected chi connectivity index (χ3v) is 11.2. The van der Waals surface area contributed by atoms with E-state index >= 15 is 0 Å². The summed E-state index contributed by atoms with van der Waals surface area (Å²) in [5, 5.41) is 24.8. The average molecular weight is 842 g/mol. The molecule has 14 heteroatoms. The van der Waals surface area contributed by atoms with E-state index in [1.54, 1.807) is 36.4 Å². The Balaban J connectivity index is 1.36. The van der Waals surface area contributed by atoms with Gasteiger partial charge in [-0.2, -0.15) is 0 Å². The average Bonchev–Trinajstić information content (AvgIpc) is 3.78. The highest BCUT2D eigenvalue weighted by Crippen LogP contribution is 2.22. The predicted octanol–water partition coefficient (Wildman–Crippen LogP) is 4.65. The highest BCUT2D eigenvalue weighted by Gasteiger charge is 2.33. The molecule has 0 saturated carbocycles. The number of thiophene rings is 1. The number of carboxylic acid groups (broad SMARTS) is 1. The summed E-state index contributed by atoms with van der Waals surface area (Å²) >= 11 is 1.40. The second kappa shape index (κ2) is 21.4. The molecule has 3 heterocycles. The number of hydrogen-bond acceptors (Lipinski definition) is 8. The first-order chi connectivity index (χ1) is 29.5. The van der Waals surface area contributed by atoms with Gasteiger partial charge in [-0.1, -0.05) is 103 Å². The monoisotopic (exact) mass is 841 g/mol. The van der Waals surface area contributed by atoms with Gasteiger partial charge in [0.05, 0.1) is 6.04 Å². The van der Waals surface area contributed by atoms with Crippen LogP contribution < -0.4 is 26.6 Å². The van der Waals surface area contributed by atoms with E-state index in [-0.39, 0.29) is 44.9 Å². The van der Waals surface area contributed by atoms with Crippen molar-refractivity contribution in [2.45, 2.75) is 63.1 Å². The van der Waals surface area contributed by atoms with Crippen LogP contribution in [0.1, 0.15) is 40.8 Å². The molecule has 2 bridgehead atoms. The first kappa shape index (κ1) is 43.6. The summed E-state index contributed by atoms with van der Waals surface area (Å²) in [6.45, 7) is -0.656. The zero-order valence-corrected chi connectivity index (χ0v) is 34.1. The molecular weight excluding hydrogens is 795 g/mol. The second-order valence-corrected chi connectivity index (χ2v) is 15.9. The van der Waals surface area contributed by atoms with E-state index in [0.717, 1.165) is 21.6 Å². The smallest absolute Gasteiger partial charge is 0.322 e. The van der Waals surface area contributed by atoms with E-state index < -0.39 is 71.9 Å². The van der Waals surface area contributed by atoms with Crippen LogP contribution in [0.5, 0.6) is 0 Å². The number of nitrogens with one attached hydrogen (secondary N) is 5. The van der Waals surface area contributed by atoms with Gasteiger partial charge in [0.25, 0.3) is 0 Å². The van der Waals surface area contributed by atoms with Crippen LogP contribution >= 0.6 is 11.3 Å². The Morgan fingerprint density at radius 3 is 1.85 bits per heavy atom. The molecule has 61 heavy (non-hydrogen) atoms. The number of benzene rings is 4. The minimum absolute atomic E-state index is 0.0226. The van der Waals surface area contributed by atoms with Gasteiger partial charge >= 0.3 is 5.97 Å². The lowest BCUT2D eigenvalue weighted by atomic mass is 9.89. The number of fused-ring (bicyclic) bond motifs is 18. The van der Waals surface area contributed by atoms with Crippen molar-refractivity contribution in [1.82, 2.24) is 21.3 Å². The number of carbonyl (C=O) groups excluding carboxylic acids is 6. The Bertz CT molecular complexity index is 2300. The molecule has 4 atom stereocenters. The topological polar surface area (TPSA) is 200 Å². The van der Waals surface area contributed by atoms with Crippen molar-refractivity contribution in [1.29, 1.82) is 0 Å². The zero-order valence-electron chi connectivity index (χ0n) is 33.3. The van der Waals surface area contributed by atoms with Crippen LogP contribution in [0.25, 0.3) is 11.1 Å². The summed E-state index contributed by atoms with van der Waals surface area (Å²) in [6, 6.07) is 33.1. The predicted molar refractivity (Wildman–Crippen MR) is 231 cm³/mol. The third-order valence-electron chi connectivity index (χ3n) is 10.3. The van der Waals surface area contributed by atoms with E-state index in [2.05, 4.69) is 26.6 Å². The molecule has 314 valence electrons. The standard InChI is InChI=1S/C47H47N5O8S/c53-41-27-35(45(58)48-29-44(56)57)24-31-15-19-36(20-16-31)49-42(54)21-22-43(55)50-40(28-37-12-7-23-61-37)47(60)52-39(46(59)51-38(41)25-30-8-3-1-4-9-30)26-32-13-17-34(18-14-32)33-10-5-2-6-11-33/h1-20,23,35,38-40H,21-22,24-29H2,(H,48,58)(H,49,54)(H,50,55)(H,51,59)(H,52,60)(H,56,57)/t35-,38-,39+,40-/m1/s1. The summed E-state index contributed by atoms with van der Waals surface area (Å²) < 4.78 is 0. The van der Waals surface area contributed by atoms with E-state index in [9.17, 15) is 38.7 Å². The Hall–Kier alpha value is -6.93. The number of carboxylic acids is 1. The van der Waals surface area contributed by atoms with Crippen molar-refractivity contribution in [2.24, 2.45) is 5.92 Å². The van der Waals surface area contributed by atoms with Gasteiger partial charge < -0.3 is 31.7 Å². The van der Waals surface area contributed by atoms with Crippen LogP contribution in [0.15, 0.2) is 127 Å². The number of rotatable bonds is 10. The molecular formula is C47H47N5O8S. The van der Waals surface area contributed by atoms with Gasteiger partial charge in [-0.05, 0) is 64.2 Å². The quantitative estimate of drug-likeness (QED) is 0.109. The van der Waals surface area contributed by atoms with Gasteiger partial charge in [0.15, 0.2) is 5.78 Å². The summed E-state index contributed by atoms with van der Waals surface area (Å²) in [7, 11) is 0. The summed E-state index contributed by atoms with van der Waals surface area (Å²) in [5.74, 6) is -5.70. The molecule has 0 spiro atoms. The van der Waals surface area contributed by atoms with Crippen molar-refractivity contribution in [3.63, 3.8) is 0 Å². The van der Waals surface area contributed by atoms with E-state index in [1.807, 2.05) is 90.3 Å². The van der Waals surface area contributed by atoms with Crippen molar-refractivity contribution >= 4 is 58.3 Å². The number of anilines is 1. The van der Waals surface area contributed by atoms with Crippen LogP contribution in [0.4, 0.5) is 5.69 Å². The van der Waals surface area contributed by atoms with Gasteiger partial charge in [-0.15, -0.1) is 11.3 Å². The molecule has 5 amide bonds. The summed E-state index contributed by atoms with van der Waals surface area (Å²) in [6.07, 6.45) is -0.501. The van der Waals surface area contributed by atoms with Crippen molar-refractivity contribution < 1.29 is 38.7 Å². The molecule has 6 N–H and O–H groups in total. The molecule has 0 fully saturated rings. The fourth-order valence-corrected chi connectivity index (χ4v) is 7.82. The minimum atomic E-state index is -1.26. The third kappa shape index (κ3) is 13.3. The Labute approximate surface area is 357 Å². The van der Waals surface area contributed by atoms with Crippen molar-refractivity contribution in [2.75, 3.05) is 11.9 Å². The number of Topliss-reactive ketones (excluding diaryl/α,β-unsaturated/α-hetero) is 1. The first-order valence-corrected chi connectivity index (χ1v) is 20.9. The number of amides is 5. The summed E-state index contributed by atoms with van der Waals surface area (Å²) in [4.78, 5) is 95.1. The van der Waals surface area contributed by atoms with Gasteiger partial charge in [-0.25, -0.2) is 0 Å². The maximum absolute atomic E-state index is 14.6. The van der Waals surface area contributed by atoms with Crippen LogP contribution in [0, 0.1) is 5.92 Å². The highest BCUT2D eigenvalue weighted by atomic mass is 32.1.